The second-order valence-corrected chi connectivity index (χ2v) is 4.07. The first-order chi connectivity index (χ1) is 8.33. The van der Waals surface area contributed by atoms with Gasteiger partial charge in [0.1, 0.15) is 0 Å². The highest BCUT2D eigenvalue weighted by molar-refractivity contribution is 5.83. The summed E-state index contributed by atoms with van der Waals surface area (Å²) >= 11 is 0. The number of aliphatic hydroxyl groups is 1. The van der Waals surface area contributed by atoms with Crippen molar-refractivity contribution >= 4 is 12.0 Å². The van der Waals surface area contributed by atoms with E-state index >= 15 is 0 Å². The highest BCUT2D eigenvalue weighted by Gasteiger charge is 2.27. The zero-order valence-electron chi connectivity index (χ0n) is 10.8. The molecular formula is C11H19N3O4. The maximum absolute atomic E-state index is 11.8. The molecule has 0 aliphatic rings. The fourth-order valence-corrected chi connectivity index (χ4v) is 1.34. The minimum Gasteiger partial charge on any atom is -0.480 e. The predicted octanol–water partition coefficient (Wildman–Crippen LogP) is 0.0116. The number of aliphatic carboxylic acids is 1. The van der Waals surface area contributed by atoms with Crippen molar-refractivity contribution < 1.29 is 19.8 Å². The number of aliphatic hydroxyl groups excluding tert-OH is 1. The maximum atomic E-state index is 11.8. The lowest BCUT2D eigenvalue weighted by atomic mass is 10.2. The summed E-state index contributed by atoms with van der Waals surface area (Å²) in [6.07, 6.45) is -1.20. The van der Waals surface area contributed by atoms with Crippen molar-refractivity contribution in [2.75, 3.05) is 13.1 Å². The van der Waals surface area contributed by atoms with Gasteiger partial charge in [-0.3, -0.25) is 0 Å². The molecule has 0 aliphatic carbocycles. The number of rotatable bonds is 6. The summed E-state index contributed by atoms with van der Waals surface area (Å²) in [5.74, 6) is -1.65. The Morgan fingerprint density at radius 3 is 2.33 bits per heavy atom. The van der Waals surface area contributed by atoms with Gasteiger partial charge in [0.2, 0.25) is 0 Å². The van der Waals surface area contributed by atoms with Crippen molar-refractivity contribution in [3.63, 3.8) is 0 Å². The van der Waals surface area contributed by atoms with Gasteiger partial charge in [0.25, 0.3) is 0 Å². The molecule has 3 N–H and O–H groups in total. The summed E-state index contributed by atoms with van der Waals surface area (Å²) in [6, 6.07) is 0.0348. The average Bonchev–Trinajstić information content (AvgIpc) is 2.31. The Morgan fingerprint density at radius 2 is 2.00 bits per heavy atom. The quantitative estimate of drug-likeness (QED) is 0.620. The number of amides is 2. The number of nitrogens with one attached hydrogen (secondary N) is 1. The van der Waals surface area contributed by atoms with Crippen LogP contribution in [-0.2, 0) is 4.79 Å². The van der Waals surface area contributed by atoms with Crippen LogP contribution < -0.4 is 5.32 Å². The Balaban J connectivity index is 4.61. The topological polar surface area (TPSA) is 114 Å². The zero-order valence-corrected chi connectivity index (χ0v) is 10.8. The Kier molecular flexibility index (Phi) is 6.75. The van der Waals surface area contributed by atoms with Crippen LogP contribution >= 0.6 is 0 Å². The lowest BCUT2D eigenvalue weighted by Gasteiger charge is -2.25. The number of carboxylic acid groups (broad SMARTS) is 1. The van der Waals surface area contributed by atoms with Crippen molar-refractivity contribution in [2.45, 2.75) is 32.9 Å². The number of urea groups is 1. The monoisotopic (exact) mass is 257 g/mol. The van der Waals surface area contributed by atoms with Crippen LogP contribution in [0.1, 0.15) is 20.8 Å². The molecule has 102 valence electrons. The van der Waals surface area contributed by atoms with Crippen molar-refractivity contribution in [1.29, 1.82) is 5.26 Å². The predicted molar refractivity (Wildman–Crippen MR) is 63.7 cm³/mol. The van der Waals surface area contributed by atoms with Crippen molar-refractivity contribution in [1.82, 2.24) is 10.2 Å². The van der Waals surface area contributed by atoms with E-state index in [2.05, 4.69) is 5.32 Å². The first-order valence-corrected chi connectivity index (χ1v) is 5.69. The Morgan fingerprint density at radius 1 is 1.44 bits per heavy atom. The lowest BCUT2D eigenvalue weighted by Crippen LogP contribution is -2.52. The first kappa shape index (κ1) is 16.2. The van der Waals surface area contributed by atoms with E-state index in [1.54, 1.807) is 13.8 Å². The van der Waals surface area contributed by atoms with E-state index in [-0.39, 0.29) is 12.5 Å². The Bertz CT molecular complexity index is 338. The molecule has 7 nitrogen and oxygen atoms in total. The smallest absolute Gasteiger partial charge is 0.328 e. The van der Waals surface area contributed by atoms with Crippen LogP contribution in [0.25, 0.3) is 0 Å². The molecule has 0 aromatic rings. The summed E-state index contributed by atoms with van der Waals surface area (Å²) in [4.78, 5) is 23.9. The van der Waals surface area contributed by atoms with Gasteiger partial charge in [-0.1, -0.05) is 0 Å². The highest BCUT2D eigenvalue weighted by Crippen LogP contribution is 2.01. The first-order valence-electron chi connectivity index (χ1n) is 5.69. The summed E-state index contributed by atoms with van der Waals surface area (Å²) in [6.45, 7) is 5.24. The largest absolute Gasteiger partial charge is 0.480 e. The van der Waals surface area contributed by atoms with Crippen LogP contribution in [0.2, 0.25) is 0 Å². The average molecular weight is 257 g/mol. The van der Waals surface area contributed by atoms with E-state index < -0.39 is 24.1 Å². The molecule has 18 heavy (non-hydrogen) atoms. The molecule has 3 unspecified atom stereocenters. The molecule has 0 rings (SSSR count). The third kappa shape index (κ3) is 5.01. The Labute approximate surface area is 106 Å². The number of carbonyl (C=O) groups is 2. The third-order valence-electron chi connectivity index (χ3n) is 2.41. The fraction of sp³-hybridized carbons (Fsp3) is 0.727. The molecule has 0 fully saturated rings. The minimum absolute atomic E-state index is 0.213. The third-order valence-corrected chi connectivity index (χ3v) is 2.41. The SMILES string of the molecule is CCN(CC(C)C#N)C(=O)NC(C(=O)O)C(C)O. The van der Waals surface area contributed by atoms with E-state index in [1.165, 1.54) is 11.8 Å². The second kappa shape index (κ2) is 7.50. The van der Waals surface area contributed by atoms with E-state index in [1.807, 2.05) is 6.07 Å². The van der Waals surface area contributed by atoms with E-state index in [4.69, 9.17) is 10.4 Å². The highest BCUT2D eigenvalue weighted by atomic mass is 16.4. The fourth-order valence-electron chi connectivity index (χ4n) is 1.34. The number of hydrogen-bond acceptors (Lipinski definition) is 4. The molecule has 2 amide bonds. The molecule has 0 heterocycles. The van der Waals surface area contributed by atoms with Crippen molar-refractivity contribution in [2.24, 2.45) is 5.92 Å². The van der Waals surface area contributed by atoms with Crippen LogP contribution in [0.15, 0.2) is 0 Å². The summed E-state index contributed by atoms with van der Waals surface area (Å²) in [7, 11) is 0. The van der Waals surface area contributed by atoms with Crippen LogP contribution in [0.5, 0.6) is 0 Å². The molecule has 7 heteroatoms. The van der Waals surface area contributed by atoms with Crippen LogP contribution in [0.4, 0.5) is 4.79 Å². The van der Waals surface area contributed by atoms with Crippen LogP contribution in [0.3, 0.4) is 0 Å². The van der Waals surface area contributed by atoms with Gasteiger partial charge >= 0.3 is 12.0 Å². The number of carboxylic acids is 1. The number of nitriles is 1. The summed E-state index contributed by atoms with van der Waals surface area (Å²) < 4.78 is 0. The zero-order chi connectivity index (χ0) is 14.3. The van der Waals surface area contributed by atoms with E-state index in [9.17, 15) is 14.7 Å². The summed E-state index contributed by atoms with van der Waals surface area (Å²) in [5, 5.41) is 29.0. The van der Waals surface area contributed by atoms with Gasteiger partial charge in [0, 0.05) is 13.1 Å². The van der Waals surface area contributed by atoms with Gasteiger partial charge in [-0.15, -0.1) is 0 Å². The molecule has 0 radical (unpaired) electrons. The van der Waals surface area contributed by atoms with E-state index in [0.717, 1.165) is 0 Å². The molecule has 0 aromatic carbocycles. The standard InChI is InChI=1S/C11H19N3O4/c1-4-14(6-7(2)5-12)11(18)13-9(8(3)15)10(16)17/h7-9,15H,4,6H2,1-3H3,(H,13,18)(H,16,17). The molecule has 3 atom stereocenters. The lowest BCUT2D eigenvalue weighted by molar-refractivity contribution is -0.141. The molecule has 0 saturated carbocycles. The van der Waals surface area contributed by atoms with Crippen LogP contribution in [-0.4, -0.2) is 52.3 Å². The van der Waals surface area contributed by atoms with Crippen molar-refractivity contribution in [3.05, 3.63) is 0 Å². The van der Waals surface area contributed by atoms with Crippen LogP contribution in [0, 0.1) is 17.2 Å². The molecule has 0 aliphatic heterocycles. The van der Waals surface area contributed by atoms with Gasteiger partial charge in [-0.05, 0) is 20.8 Å². The number of carbonyl (C=O) groups excluding carboxylic acids is 1. The Hall–Kier alpha value is -1.81. The van der Waals surface area contributed by atoms with Gasteiger partial charge in [-0.25, -0.2) is 9.59 Å². The minimum atomic E-state index is -1.36. The number of nitrogens with zero attached hydrogens (tertiary/aromatic N) is 2. The molecule has 0 spiro atoms. The molecular weight excluding hydrogens is 238 g/mol. The van der Waals surface area contributed by atoms with E-state index in [0.29, 0.717) is 6.54 Å². The molecule has 0 bridgehead atoms. The molecule has 0 saturated heterocycles. The summed E-state index contributed by atoms with van der Waals surface area (Å²) in [5.41, 5.74) is 0. The van der Waals surface area contributed by atoms with Gasteiger partial charge in [0.15, 0.2) is 6.04 Å². The normalized spacial score (nSPS) is 15.1. The maximum Gasteiger partial charge on any atom is 0.328 e. The van der Waals surface area contributed by atoms with Gasteiger partial charge in [-0.2, -0.15) is 5.26 Å². The second-order valence-electron chi connectivity index (χ2n) is 4.07. The molecule has 0 aromatic heterocycles. The van der Waals surface area contributed by atoms with Gasteiger partial charge < -0.3 is 20.4 Å². The van der Waals surface area contributed by atoms with Gasteiger partial charge in [0.05, 0.1) is 18.1 Å². The number of hydrogen-bond donors (Lipinski definition) is 3. The van der Waals surface area contributed by atoms with Crippen molar-refractivity contribution in [3.8, 4) is 6.07 Å².